The Labute approximate surface area is 80.9 Å². The Hall–Kier alpha value is -2.04. The van der Waals surface area contributed by atoms with Crippen molar-refractivity contribution in [3.8, 4) is 11.5 Å². The number of nitrogens with two attached hydrogens (primary N) is 1. The molecule has 0 saturated carbocycles. The van der Waals surface area contributed by atoms with Crippen molar-refractivity contribution in [1.82, 2.24) is 10.1 Å². The molecule has 0 amide bonds. The van der Waals surface area contributed by atoms with Crippen molar-refractivity contribution in [2.75, 3.05) is 18.1 Å². The molecule has 0 bridgehead atoms. The zero-order chi connectivity index (χ0) is 9.97. The molecule has 0 saturated heterocycles. The van der Waals surface area contributed by atoms with Crippen LogP contribution in [0.5, 0.6) is 0 Å². The molecule has 1 aromatic carbocycles. The number of nitrogens with one attached hydrogen (secondary N) is 1. The molecule has 0 atom stereocenters. The van der Waals surface area contributed by atoms with Crippen LogP contribution >= 0.6 is 0 Å². The second-order valence-corrected chi connectivity index (χ2v) is 2.79. The first-order valence-corrected chi connectivity index (χ1v) is 4.17. The Balaban J connectivity index is 2.33. The number of nitrogen functional groups attached to an aromatic ring is 1. The average Bonchev–Trinajstić information content (AvgIpc) is 2.65. The van der Waals surface area contributed by atoms with Crippen LogP contribution in [0.1, 0.15) is 0 Å². The van der Waals surface area contributed by atoms with E-state index in [0.717, 1.165) is 11.3 Å². The summed E-state index contributed by atoms with van der Waals surface area (Å²) >= 11 is 0. The third kappa shape index (κ3) is 1.52. The molecule has 0 radical (unpaired) electrons. The smallest absolute Gasteiger partial charge is 0.261 e. The minimum Gasteiger partial charge on any atom is -0.388 e. The molecular formula is C9H10N4O. The van der Waals surface area contributed by atoms with E-state index in [9.17, 15) is 0 Å². The normalized spacial score (nSPS) is 10.1. The van der Waals surface area contributed by atoms with E-state index in [1.54, 1.807) is 0 Å². The molecule has 1 aromatic heterocycles. The zero-order valence-electron chi connectivity index (χ0n) is 7.69. The van der Waals surface area contributed by atoms with Gasteiger partial charge in [0, 0.05) is 18.3 Å². The number of nitrogens with zero attached hydrogens (tertiary/aromatic N) is 2. The predicted octanol–water partition coefficient (Wildman–Crippen LogP) is 1.36. The maximum Gasteiger partial charge on any atom is 0.261 e. The molecule has 0 unspecified atom stereocenters. The Morgan fingerprint density at radius 1 is 1.29 bits per heavy atom. The summed E-state index contributed by atoms with van der Waals surface area (Å²) < 4.78 is 4.92. The zero-order valence-corrected chi connectivity index (χ0v) is 7.69. The maximum absolute atomic E-state index is 5.34. The summed E-state index contributed by atoms with van der Waals surface area (Å²) in [4.78, 5) is 3.92. The lowest BCUT2D eigenvalue weighted by Gasteiger charge is -1.98. The number of hydrogen-bond donors (Lipinski definition) is 2. The maximum atomic E-state index is 5.34. The second kappa shape index (κ2) is 3.37. The van der Waals surface area contributed by atoms with Gasteiger partial charge in [-0.2, -0.15) is 4.98 Å². The Kier molecular flexibility index (Phi) is 2.06. The lowest BCUT2D eigenvalue weighted by atomic mass is 10.2. The minimum absolute atomic E-state index is 0.151. The largest absolute Gasteiger partial charge is 0.388 e. The van der Waals surface area contributed by atoms with Crippen molar-refractivity contribution < 1.29 is 4.52 Å². The molecule has 5 heteroatoms. The molecule has 72 valence electrons. The van der Waals surface area contributed by atoms with Crippen molar-refractivity contribution in [1.29, 1.82) is 0 Å². The van der Waals surface area contributed by atoms with Gasteiger partial charge in [0.2, 0.25) is 0 Å². The van der Waals surface area contributed by atoms with Crippen molar-refractivity contribution in [3.05, 3.63) is 24.3 Å². The van der Waals surface area contributed by atoms with E-state index < -0.39 is 0 Å². The molecule has 0 aliphatic carbocycles. The van der Waals surface area contributed by atoms with Crippen LogP contribution in [0.15, 0.2) is 28.8 Å². The summed E-state index contributed by atoms with van der Waals surface area (Å²) in [5, 5.41) is 6.53. The summed E-state index contributed by atoms with van der Waals surface area (Å²) in [6.45, 7) is 0. The van der Waals surface area contributed by atoms with Crippen LogP contribution in [-0.2, 0) is 0 Å². The van der Waals surface area contributed by atoms with Gasteiger partial charge in [-0.1, -0.05) is 0 Å². The van der Waals surface area contributed by atoms with Crippen molar-refractivity contribution in [2.45, 2.75) is 0 Å². The Bertz CT molecular complexity index is 421. The van der Waals surface area contributed by atoms with Crippen LogP contribution in [0.4, 0.5) is 11.6 Å². The van der Waals surface area contributed by atoms with Crippen molar-refractivity contribution in [3.63, 3.8) is 0 Å². The Morgan fingerprint density at radius 3 is 2.50 bits per heavy atom. The number of benzene rings is 1. The summed E-state index contributed by atoms with van der Waals surface area (Å²) in [7, 11) is 1.86. The molecule has 0 aliphatic heterocycles. The molecule has 2 rings (SSSR count). The van der Waals surface area contributed by atoms with Gasteiger partial charge in [0.15, 0.2) is 0 Å². The van der Waals surface area contributed by atoms with E-state index in [-0.39, 0.29) is 5.95 Å². The summed E-state index contributed by atoms with van der Waals surface area (Å²) in [6, 6.07) is 7.63. The van der Waals surface area contributed by atoms with Crippen LogP contribution in [0, 0.1) is 0 Å². The van der Waals surface area contributed by atoms with Gasteiger partial charge in [-0.05, 0) is 29.4 Å². The quantitative estimate of drug-likeness (QED) is 0.747. The van der Waals surface area contributed by atoms with Crippen LogP contribution < -0.4 is 11.1 Å². The number of aromatic nitrogens is 2. The summed E-state index contributed by atoms with van der Waals surface area (Å²) in [5.74, 6) is 0.586. The van der Waals surface area contributed by atoms with Crippen LogP contribution in [0.25, 0.3) is 11.5 Å². The van der Waals surface area contributed by atoms with E-state index >= 15 is 0 Å². The number of rotatable bonds is 2. The lowest BCUT2D eigenvalue weighted by Crippen LogP contribution is -1.87. The van der Waals surface area contributed by atoms with Crippen LogP contribution in [0.3, 0.4) is 0 Å². The fourth-order valence-corrected chi connectivity index (χ4v) is 1.13. The molecule has 5 nitrogen and oxygen atoms in total. The molecular weight excluding hydrogens is 180 g/mol. The number of anilines is 2. The predicted molar refractivity (Wildman–Crippen MR) is 53.7 cm³/mol. The molecule has 3 N–H and O–H groups in total. The molecule has 2 aromatic rings. The Morgan fingerprint density at radius 2 is 2.00 bits per heavy atom. The SMILES string of the molecule is CNc1ccc(-c2nc(N)no2)cc1. The van der Waals surface area contributed by atoms with E-state index in [1.165, 1.54) is 0 Å². The fourth-order valence-electron chi connectivity index (χ4n) is 1.13. The van der Waals surface area contributed by atoms with Gasteiger partial charge in [0.25, 0.3) is 11.8 Å². The average molecular weight is 190 g/mol. The summed E-state index contributed by atoms with van der Waals surface area (Å²) in [5.41, 5.74) is 7.23. The first-order chi connectivity index (χ1) is 6.79. The highest BCUT2D eigenvalue weighted by Gasteiger charge is 2.05. The van der Waals surface area contributed by atoms with Gasteiger partial charge in [0.1, 0.15) is 0 Å². The molecule has 14 heavy (non-hydrogen) atoms. The highest BCUT2D eigenvalue weighted by atomic mass is 16.5. The van der Waals surface area contributed by atoms with Crippen LogP contribution in [0.2, 0.25) is 0 Å². The van der Waals surface area contributed by atoms with Crippen LogP contribution in [-0.4, -0.2) is 17.2 Å². The fraction of sp³-hybridized carbons (Fsp3) is 0.111. The molecule has 0 aliphatic rings. The lowest BCUT2D eigenvalue weighted by molar-refractivity contribution is 0.433. The first-order valence-electron chi connectivity index (χ1n) is 4.17. The number of hydrogen-bond acceptors (Lipinski definition) is 5. The van der Waals surface area contributed by atoms with Crippen molar-refractivity contribution >= 4 is 11.6 Å². The topological polar surface area (TPSA) is 77.0 Å². The van der Waals surface area contributed by atoms with E-state index in [4.69, 9.17) is 10.3 Å². The van der Waals surface area contributed by atoms with E-state index in [2.05, 4.69) is 15.5 Å². The minimum atomic E-state index is 0.151. The monoisotopic (exact) mass is 190 g/mol. The third-order valence-electron chi connectivity index (χ3n) is 1.86. The summed E-state index contributed by atoms with van der Waals surface area (Å²) in [6.07, 6.45) is 0. The molecule has 0 fully saturated rings. The van der Waals surface area contributed by atoms with Gasteiger partial charge >= 0.3 is 0 Å². The van der Waals surface area contributed by atoms with E-state index in [1.807, 2.05) is 31.3 Å². The van der Waals surface area contributed by atoms with Gasteiger partial charge in [-0.3, -0.25) is 0 Å². The highest BCUT2D eigenvalue weighted by molar-refractivity contribution is 5.58. The highest BCUT2D eigenvalue weighted by Crippen LogP contribution is 2.19. The first kappa shape index (κ1) is 8.55. The van der Waals surface area contributed by atoms with Gasteiger partial charge in [-0.15, -0.1) is 0 Å². The van der Waals surface area contributed by atoms with E-state index in [0.29, 0.717) is 5.89 Å². The standard InChI is InChI=1S/C9H10N4O/c1-11-7-4-2-6(3-5-7)8-12-9(10)13-14-8/h2-5,11H,1H3,(H2,10,13). The van der Waals surface area contributed by atoms with Crippen molar-refractivity contribution in [2.24, 2.45) is 0 Å². The van der Waals surface area contributed by atoms with Gasteiger partial charge in [-0.25, -0.2) is 0 Å². The molecule has 0 spiro atoms. The van der Waals surface area contributed by atoms with Gasteiger partial charge < -0.3 is 15.6 Å². The van der Waals surface area contributed by atoms with Gasteiger partial charge in [0.05, 0.1) is 0 Å². The third-order valence-corrected chi connectivity index (χ3v) is 1.86. The second-order valence-electron chi connectivity index (χ2n) is 2.79. The molecule has 1 heterocycles.